The summed E-state index contributed by atoms with van der Waals surface area (Å²) in [5.41, 5.74) is 7.34. The normalized spacial score (nSPS) is 17.6. The highest BCUT2D eigenvalue weighted by Crippen LogP contribution is 2.27. The molecule has 0 aliphatic carbocycles. The molecule has 8 nitrogen and oxygen atoms in total. The zero-order valence-electron chi connectivity index (χ0n) is 14.5. The van der Waals surface area contributed by atoms with Crippen molar-refractivity contribution in [1.82, 2.24) is 15.8 Å². The van der Waals surface area contributed by atoms with Gasteiger partial charge in [-0.2, -0.15) is 10.2 Å². The first-order valence-corrected chi connectivity index (χ1v) is 9.28. The summed E-state index contributed by atoms with van der Waals surface area (Å²) in [5, 5.41) is 8.07. The highest BCUT2D eigenvalue weighted by Gasteiger charge is 2.36. The van der Waals surface area contributed by atoms with Crippen molar-refractivity contribution in [2.75, 3.05) is 0 Å². The van der Waals surface area contributed by atoms with Crippen LogP contribution in [0.4, 0.5) is 5.69 Å². The van der Waals surface area contributed by atoms with Gasteiger partial charge in [-0.1, -0.05) is 40.2 Å². The standard InChI is InChI=1S/C19H15BrN6O2/c20-13-7-5-12(6-8-13)10-22-23-17(27)9-16-19(28)25-24-18-14-3-1-2-4-15(14)21-11-26(16)18/h1-8,10-11,16H,9H2,(H,23,27)(H,25,28). The minimum absolute atomic E-state index is 0.0866. The first-order valence-electron chi connectivity index (χ1n) is 8.49. The number of rotatable bonds is 4. The van der Waals surface area contributed by atoms with E-state index in [2.05, 4.69) is 42.0 Å². The second-order valence-corrected chi connectivity index (χ2v) is 7.06. The number of carbonyl (C=O) groups excluding carboxylic acids is 2. The van der Waals surface area contributed by atoms with Crippen molar-refractivity contribution in [3.8, 4) is 0 Å². The number of nitrogens with one attached hydrogen (secondary N) is 2. The van der Waals surface area contributed by atoms with Gasteiger partial charge in [-0.3, -0.25) is 9.59 Å². The van der Waals surface area contributed by atoms with E-state index in [1.165, 1.54) is 12.6 Å². The van der Waals surface area contributed by atoms with Crippen LogP contribution < -0.4 is 10.9 Å². The van der Waals surface area contributed by atoms with E-state index in [0.717, 1.165) is 21.3 Å². The Bertz CT molecular complexity index is 1020. The molecule has 2 amide bonds. The predicted octanol–water partition coefficient (Wildman–Crippen LogP) is 2.12. The van der Waals surface area contributed by atoms with E-state index in [1.54, 1.807) is 4.90 Å². The summed E-state index contributed by atoms with van der Waals surface area (Å²) in [7, 11) is 0. The molecule has 1 unspecified atom stereocenters. The van der Waals surface area contributed by atoms with Crippen LogP contribution in [-0.2, 0) is 9.59 Å². The average molecular weight is 439 g/mol. The number of carbonyl (C=O) groups is 2. The van der Waals surface area contributed by atoms with Crippen LogP contribution in [0.25, 0.3) is 0 Å². The fourth-order valence-corrected chi connectivity index (χ4v) is 3.15. The zero-order chi connectivity index (χ0) is 19.5. The van der Waals surface area contributed by atoms with Gasteiger partial charge in [-0.25, -0.2) is 15.8 Å². The smallest absolute Gasteiger partial charge is 0.263 e. The Labute approximate surface area is 169 Å². The molecule has 2 aromatic carbocycles. The first-order chi connectivity index (χ1) is 13.6. The Morgan fingerprint density at radius 2 is 2.04 bits per heavy atom. The summed E-state index contributed by atoms with van der Waals surface area (Å²) >= 11 is 3.36. The number of fused-ring (bicyclic) bond motifs is 3. The molecule has 4 rings (SSSR count). The van der Waals surface area contributed by atoms with E-state index in [0.29, 0.717) is 5.84 Å². The number of hydrogen-bond acceptors (Lipinski definition) is 6. The lowest BCUT2D eigenvalue weighted by Crippen LogP contribution is -2.55. The highest BCUT2D eigenvalue weighted by atomic mass is 79.9. The Morgan fingerprint density at radius 1 is 1.25 bits per heavy atom. The van der Waals surface area contributed by atoms with Gasteiger partial charge in [-0.15, -0.1) is 0 Å². The van der Waals surface area contributed by atoms with Crippen LogP contribution in [0.5, 0.6) is 0 Å². The molecule has 2 aliphatic rings. The molecule has 0 saturated heterocycles. The van der Waals surface area contributed by atoms with Crippen molar-refractivity contribution in [2.24, 2.45) is 15.2 Å². The van der Waals surface area contributed by atoms with Gasteiger partial charge >= 0.3 is 0 Å². The van der Waals surface area contributed by atoms with Crippen LogP contribution >= 0.6 is 15.9 Å². The summed E-state index contributed by atoms with van der Waals surface area (Å²) in [6.07, 6.45) is 2.98. The number of hydrazone groups is 2. The van der Waals surface area contributed by atoms with Crippen molar-refractivity contribution >= 4 is 51.8 Å². The molecule has 0 bridgehead atoms. The molecule has 2 aromatic rings. The third kappa shape index (κ3) is 3.70. The summed E-state index contributed by atoms with van der Waals surface area (Å²) in [6.45, 7) is 0. The van der Waals surface area contributed by atoms with Crippen molar-refractivity contribution in [2.45, 2.75) is 12.5 Å². The number of aliphatic imine (C=N–C) groups is 1. The molecule has 0 radical (unpaired) electrons. The minimum Gasteiger partial charge on any atom is -0.302 e. The van der Waals surface area contributed by atoms with Crippen molar-refractivity contribution in [1.29, 1.82) is 0 Å². The van der Waals surface area contributed by atoms with E-state index < -0.39 is 6.04 Å². The van der Waals surface area contributed by atoms with E-state index in [9.17, 15) is 9.59 Å². The summed E-state index contributed by atoms with van der Waals surface area (Å²) < 4.78 is 0.958. The quantitative estimate of drug-likeness (QED) is 0.564. The van der Waals surface area contributed by atoms with Gasteiger partial charge in [0.2, 0.25) is 5.91 Å². The monoisotopic (exact) mass is 438 g/mol. The zero-order valence-corrected chi connectivity index (χ0v) is 16.1. The van der Waals surface area contributed by atoms with Gasteiger partial charge in [0.05, 0.1) is 24.7 Å². The minimum atomic E-state index is -0.757. The SMILES string of the molecule is O=C(CC1C(=O)NN=C2c3ccccc3N=CN21)NN=Cc1ccc(Br)cc1. The van der Waals surface area contributed by atoms with Crippen molar-refractivity contribution < 1.29 is 9.59 Å². The Balaban J connectivity index is 1.44. The third-order valence-electron chi connectivity index (χ3n) is 4.27. The number of amides is 2. The average Bonchev–Trinajstić information content (AvgIpc) is 2.71. The predicted molar refractivity (Wildman–Crippen MR) is 109 cm³/mol. The molecule has 0 fully saturated rings. The number of para-hydroxylation sites is 1. The molecule has 2 aliphatic heterocycles. The molecular weight excluding hydrogens is 424 g/mol. The molecule has 0 spiro atoms. The lowest BCUT2D eigenvalue weighted by atomic mass is 10.1. The summed E-state index contributed by atoms with van der Waals surface area (Å²) in [4.78, 5) is 30.5. The van der Waals surface area contributed by atoms with Gasteiger partial charge < -0.3 is 4.90 Å². The van der Waals surface area contributed by atoms with Gasteiger partial charge in [0.25, 0.3) is 5.91 Å². The molecule has 0 saturated carbocycles. The van der Waals surface area contributed by atoms with Crippen molar-refractivity contribution in [3.05, 3.63) is 64.1 Å². The number of hydrogen-bond donors (Lipinski definition) is 2. The van der Waals surface area contributed by atoms with Crippen LogP contribution in [0.1, 0.15) is 17.5 Å². The maximum atomic E-state index is 12.3. The fraction of sp³-hybridized carbons (Fsp3) is 0.105. The van der Waals surface area contributed by atoms with Gasteiger partial charge in [-0.05, 0) is 29.8 Å². The van der Waals surface area contributed by atoms with Crippen LogP contribution in [0, 0.1) is 0 Å². The molecule has 9 heteroatoms. The lowest BCUT2D eigenvalue weighted by Gasteiger charge is -2.34. The van der Waals surface area contributed by atoms with Crippen LogP contribution in [-0.4, -0.2) is 41.1 Å². The maximum Gasteiger partial charge on any atom is 0.263 e. The first kappa shape index (κ1) is 18.1. The molecule has 2 heterocycles. The molecule has 1 atom stereocenters. The molecule has 28 heavy (non-hydrogen) atoms. The van der Waals surface area contributed by atoms with Crippen molar-refractivity contribution in [3.63, 3.8) is 0 Å². The topological polar surface area (TPSA) is 98.5 Å². The second kappa shape index (κ2) is 7.73. The third-order valence-corrected chi connectivity index (χ3v) is 4.80. The Kier molecular flexibility index (Phi) is 4.98. The van der Waals surface area contributed by atoms with E-state index in [-0.39, 0.29) is 18.2 Å². The Morgan fingerprint density at radius 3 is 2.86 bits per heavy atom. The van der Waals surface area contributed by atoms with E-state index >= 15 is 0 Å². The number of amidine groups is 1. The number of nitrogens with zero attached hydrogens (tertiary/aromatic N) is 4. The summed E-state index contributed by atoms with van der Waals surface area (Å²) in [5.74, 6) is -0.204. The van der Waals surface area contributed by atoms with Crippen LogP contribution in [0.2, 0.25) is 0 Å². The highest BCUT2D eigenvalue weighted by molar-refractivity contribution is 9.10. The number of halogens is 1. The fourth-order valence-electron chi connectivity index (χ4n) is 2.89. The largest absolute Gasteiger partial charge is 0.302 e. The van der Waals surface area contributed by atoms with Crippen LogP contribution in [0.3, 0.4) is 0 Å². The lowest BCUT2D eigenvalue weighted by molar-refractivity contribution is -0.130. The van der Waals surface area contributed by atoms with E-state index in [4.69, 9.17) is 0 Å². The second-order valence-electron chi connectivity index (χ2n) is 6.15. The van der Waals surface area contributed by atoms with Gasteiger partial charge in [0, 0.05) is 10.0 Å². The molecule has 2 N–H and O–H groups in total. The number of benzene rings is 2. The summed E-state index contributed by atoms with van der Waals surface area (Å²) in [6, 6.07) is 14.2. The molecular formula is C19H15BrN6O2. The van der Waals surface area contributed by atoms with E-state index in [1.807, 2.05) is 48.5 Å². The maximum absolute atomic E-state index is 12.3. The molecule has 0 aromatic heterocycles. The van der Waals surface area contributed by atoms with Gasteiger partial charge in [0.15, 0.2) is 5.84 Å². The molecule has 140 valence electrons. The van der Waals surface area contributed by atoms with Gasteiger partial charge in [0.1, 0.15) is 6.04 Å². The van der Waals surface area contributed by atoms with Crippen LogP contribution in [0.15, 0.2) is 68.2 Å². The Hall–Kier alpha value is -3.33.